The summed E-state index contributed by atoms with van der Waals surface area (Å²) in [4.78, 5) is 34.6. The van der Waals surface area contributed by atoms with Gasteiger partial charge >= 0.3 is 0 Å². The van der Waals surface area contributed by atoms with Crippen LogP contribution in [0.3, 0.4) is 0 Å². The molecule has 3 heterocycles. The number of methoxy groups -OCH3 is 1. The lowest BCUT2D eigenvalue weighted by molar-refractivity contribution is -0.166. The van der Waals surface area contributed by atoms with Crippen molar-refractivity contribution in [3.8, 4) is 5.75 Å². The van der Waals surface area contributed by atoms with Crippen LogP contribution in [0.1, 0.15) is 35.2 Å². The molecule has 2 aliphatic rings. The quantitative estimate of drug-likeness (QED) is 0.439. The zero-order valence-electron chi connectivity index (χ0n) is 20.8. The zero-order chi connectivity index (χ0) is 25.7. The van der Waals surface area contributed by atoms with Crippen molar-refractivity contribution >= 4 is 22.7 Å². The molecule has 1 aromatic heterocycles. The third-order valence-electron chi connectivity index (χ3n) is 7.89. The lowest BCUT2D eigenvalue weighted by atomic mass is 9.76. The van der Waals surface area contributed by atoms with Crippen LogP contribution in [0.2, 0.25) is 0 Å². The van der Waals surface area contributed by atoms with Gasteiger partial charge in [0.2, 0.25) is 5.91 Å². The monoisotopic (exact) mass is 497 g/mol. The standard InChI is InChI=1S/C30H28FN3O3/c1-30-28-27(23-8-3-4-9-25(23)32-28)24(20-10-12-22(37-2)13-11-20)17-34(30)26(35)18-33(29(30)36)15-14-19-6-5-7-21(31)16-19/h3-13,16,24,32H,14-15,17-18H2,1-2H3. The van der Waals surface area contributed by atoms with Crippen molar-refractivity contribution < 1.29 is 18.7 Å². The molecule has 7 heteroatoms. The highest BCUT2D eigenvalue weighted by Crippen LogP contribution is 2.48. The number of H-pyrrole nitrogens is 1. The van der Waals surface area contributed by atoms with Gasteiger partial charge in [0.1, 0.15) is 11.6 Å². The summed E-state index contributed by atoms with van der Waals surface area (Å²) in [6.07, 6.45) is 0.473. The molecule has 0 radical (unpaired) electrons. The van der Waals surface area contributed by atoms with Crippen LogP contribution >= 0.6 is 0 Å². The number of rotatable bonds is 5. The number of aromatic nitrogens is 1. The summed E-state index contributed by atoms with van der Waals surface area (Å²) in [7, 11) is 1.64. The Balaban J connectivity index is 1.43. The molecule has 2 amide bonds. The smallest absolute Gasteiger partial charge is 0.254 e. The normalized spacial score (nSPS) is 21.2. The number of hydrogen-bond donors (Lipinski definition) is 1. The Morgan fingerprint density at radius 2 is 1.84 bits per heavy atom. The minimum Gasteiger partial charge on any atom is -0.497 e. The molecule has 1 N–H and O–H groups in total. The number of carbonyl (C=O) groups excluding carboxylic acids is 2. The fraction of sp³-hybridized carbons (Fsp3) is 0.267. The van der Waals surface area contributed by atoms with E-state index in [1.165, 1.54) is 12.1 Å². The number of nitrogens with zero attached hydrogens (tertiary/aromatic N) is 2. The van der Waals surface area contributed by atoms with Gasteiger partial charge < -0.3 is 19.5 Å². The SMILES string of the molecule is COc1ccc(C2CN3C(=O)CN(CCc4cccc(F)c4)C(=O)C3(C)c3[nH]c4ccccc4c32)cc1. The summed E-state index contributed by atoms with van der Waals surface area (Å²) in [6, 6.07) is 22.3. The summed E-state index contributed by atoms with van der Waals surface area (Å²) in [5.74, 6) is 0.146. The van der Waals surface area contributed by atoms with E-state index < -0.39 is 5.54 Å². The van der Waals surface area contributed by atoms with Crippen molar-refractivity contribution in [2.24, 2.45) is 0 Å². The molecule has 3 aromatic carbocycles. The van der Waals surface area contributed by atoms with E-state index in [0.29, 0.717) is 19.5 Å². The maximum atomic E-state index is 14.1. The number of ether oxygens (including phenoxy) is 1. The number of halogens is 1. The van der Waals surface area contributed by atoms with Gasteiger partial charge in [-0.05, 0) is 60.4 Å². The Labute approximate surface area is 214 Å². The fourth-order valence-electron chi connectivity index (χ4n) is 5.95. The van der Waals surface area contributed by atoms with Gasteiger partial charge in [-0.1, -0.05) is 42.5 Å². The minimum atomic E-state index is -1.16. The van der Waals surface area contributed by atoms with Crippen LogP contribution in [0.15, 0.2) is 72.8 Å². The van der Waals surface area contributed by atoms with E-state index in [0.717, 1.165) is 39.0 Å². The van der Waals surface area contributed by atoms with Crippen LogP contribution in [0.4, 0.5) is 4.39 Å². The number of nitrogens with one attached hydrogen (secondary N) is 1. The number of hydrogen-bond acceptors (Lipinski definition) is 3. The predicted octanol–water partition coefficient (Wildman–Crippen LogP) is 4.59. The number of piperazine rings is 1. The topological polar surface area (TPSA) is 65.6 Å². The average Bonchev–Trinajstić information content (AvgIpc) is 3.31. The van der Waals surface area contributed by atoms with Crippen molar-refractivity contribution in [1.82, 2.24) is 14.8 Å². The first-order chi connectivity index (χ1) is 17.9. The Morgan fingerprint density at radius 1 is 1.05 bits per heavy atom. The van der Waals surface area contributed by atoms with Gasteiger partial charge in [0.05, 0.1) is 19.3 Å². The second-order valence-corrected chi connectivity index (χ2v) is 9.97. The maximum absolute atomic E-state index is 14.1. The molecule has 0 spiro atoms. The fourth-order valence-corrected chi connectivity index (χ4v) is 5.95. The number of aromatic amines is 1. The second-order valence-electron chi connectivity index (χ2n) is 9.97. The van der Waals surface area contributed by atoms with Crippen molar-refractivity contribution in [1.29, 1.82) is 0 Å². The van der Waals surface area contributed by atoms with Crippen LogP contribution < -0.4 is 4.74 Å². The molecular weight excluding hydrogens is 469 g/mol. The Hall–Kier alpha value is -4.13. The molecule has 2 atom stereocenters. The molecule has 4 aromatic rings. The first kappa shape index (κ1) is 23.3. The van der Waals surface area contributed by atoms with Crippen LogP contribution in [-0.2, 0) is 21.5 Å². The summed E-state index contributed by atoms with van der Waals surface area (Å²) >= 11 is 0. The zero-order valence-corrected chi connectivity index (χ0v) is 20.8. The number of para-hydroxylation sites is 1. The van der Waals surface area contributed by atoms with E-state index in [-0.39, 0.29) is 30.1 Å². The van der Waals surface area contributed by atoms with Gasteiger partial charge in [-0.3, -0.25) is 9.59 Å². The van der Waals surface area contributed by atoms with Gasteiger partial charge in [0, 0.05) is 29.9 Å². The largest absolute Gasteiger partial charge is 0.497 e. The van der Waals surface area contributed by atoms with Crippen molar-refractivity contribution in [2.45, 2.75) is 24.8 Å². The highest BCUT2D eigenvalue weighted by atomic mass is 19.1. The van der Waals surface area contributed by atoms with Gasteiger partial charge in [-0.2, -0.15) is 0 Å². The molecular formula is C30H28FN3O3. The van der Waals surface area contributed by atoms with Gasteiger partial charge in [-0.25, -0.2) is 4.39 Å². The summed E-state index contributed by atoms with van der Waals surface area (Å²) < 4.78 is 19.0. The van der Waals surface area contributed by atoms with Crippen LogP contribution in [0, 0.1) is 5.82 Å². The number of benzene rings is 3. The Kier molecular flexibility index (Phi) is 5.51. The van der Waals surface area contributed by atoms with E-state index >= 15 is 0 Å². The molecule has 37 heavy (non-hydrogen) atoms. The van der Waals surface area contributed by atoms with E-state index in [1.807, 2.05) is 55.5 Å². The van der Waals surface area contributed by atoms with Crippen molar-refractivity contribution in [2.75, 3.05) is 26.7 Å². The highest BCUT2D eigenvalue weighted by molar-refractivity contribution is 6.01. The molecule has 6 rings (SSSR count). The molecule has 6 nitrogen and oxygen atoms in total. The molecule has 0 aliphatic carbocycles. The molecule has 1 fully saturated rings. The third-order valence-corrected chi connectivity index (χ3v) is 7.89. The number of fused-ring (bicyclic) bond motifs is 5. The molecule has 1 saturated heterocycles. The number of amides is 2. The van der Waals surface area contributed by atoms with Crippen LogP contribution in [-0.4, -0.2) is 53.3 Å². The van der Waals surface area contributed by atoms with E-state index in [4.69, 9.17) is 4.74 Å². The summed E-state index contributed by atoms with van der Waals surface area (Å²) in [6.45, 7) is 2.60. The third kappa shape index (κ3) is 3.68. The average molecular weight is 498 g/mol. The van der Waals surface area contributed by atoms with E-state index in [9.17, 15) is 14.0 Å². The minimum absolute atomic E-state index is 0.00856. The molecule has 0 bridgehead atoms. The van der Waals surface area contributed by atoms with Gasteiger partial charge in [0.25, 0.3) is 5.91 Å². The molecule has 2 unspecified atom stereocenters. The van der Waals surface area contributed by atoms with Crippen LogP contribution in [0.5, 0.6) is 5.75 Å². The Morgan fingerprint density at radius 3 is 2.59 bits per heavy atom. The molecule has 0 saturated carbocycles. The van der Waals surface area contributed by atoms with E-state index in [2.05, 4.69) is 11.1 Å². The maximum Gasteiger partial charge on any atom is 0.254 e. The number of carbonyl (C=O) groups is 2. The first-order valence-electron chi connectivity index (χ1n) is 12.5. The molecule has 188 valence electrons. The first-order valence-corrected chi connectivity index (χ1v) is 12.5. The van der Waals surface area contributed by atoms with Gasteiger partial charge in [-0.15, -0.1) is 0 Å². The van der Waals surface area contributed by atoms with Crippen LogP contribution in [0.25, 0.3) is 10.9 Å². The molecule has 2 aliphatic heterocycles. The van der Waals surface area contributed by atoms with Crippen molar-refractivity contribution in [3.63, 3.8) is 0 Å². The summed E-state index contributed by atoms with van der Waals surface area (Å²) in [5, 5.41) is 1.05. The lowest BCUT2D eigenvalue weighted by Crippen LogP contribution is -2.67. The van der Waals surface area contributed by atoms with Gasteiger partial charge in [0.15, 0.2) is 5.54 Å². The van der Waals surface area contributed by atoms with E-state index in [1.54, 1.807) is 23.0 Å². The second kappa shape index (κ2) is 8.76. The predicted molar refractivity (Wildman–Crippen MR) is 139 cm³/mol. The Bertz CT molecular complexity index is 1510. The van der Waals surface area contributed by atoms with Crippen molar-refractivity contribution in [3.05, 3.63) is 101 Å². The highest BCUT2D eigenvalue weighted by Gasteiger charge is 2.56. The lowest BCUT2D eigenvalue weighted by Gasteiger charge is -2.51. The summed E-state index contributed by atoms with van der Waals surface area (Å²) in [5.41, 5.74) is 3.44.